The predicted molar refractivity (Wildman–Crippen MR) is 35.4 cm³/mol. The molecule has 2 atom stereocenters. The maximum absolute atomic E-state index is 5.32. The van der Waals surface area contributed by atoms with Gasteiger partial charge in [-0.05, 0) is 26.3 Å². The molecule has 0 radical (unpaired) electrons. The van der Waals surface area contributed by atoms with Crippen molar-refractivity contribution in [2.24, 2.45) is 0 Å². The van der Waals surface area contributed by atoms with Crippen molar-refractivity contribution in [1.29, 1.82) is 0 Å². The van der Waals surface area contributed by atoms with E-state index >= 15 is 0 Å². The molecular weight excluding hydrogens is 114 g/mol. The monoisotopic (exact) mass is 127 g/mol. The number of hydrogen-bond donors (Lipinski definition) is 1. The largest absolute Gasteiger partial charge is 0.368 e. The first-order valence-electron chi connectivity index (χ1n) is 3.69. The SMILES string of the molecule is CC1([C@@H]2CCCN2)CO1. The van der Waals surface area contributed by atoms with E-state index in [-0.39, 0.29) is 5.60 Å². The van der Waals surface area contributed by atoms with Crippen LogP contribution >= 0.6 is 0 Å². The van der Waals surface area contributed by atoms with Crippen LogP contribution in [0.4, 0.5) is 0 Å². The molecule has 0 aromatic rings. The first-order valence-corrected chi connectivity index (χ1v) is 3.69. The highest BCUT2D eigenvalue weighted by Crippen LogP contribution is 2.33. The summed E-state index contributed by atoms with van der Waals surface area (Å²) in [7, 11) is 0. The molecule has 1 unspecified atom stereocenters. The van der Waals surface area contributed by atoms with Crippen LogP contribution in [0.5, 0.6) is 0 Å². The molecule has 2 saturated heterocycles. The molecule has 0 amide bonds. The Morgan fingerprint density at radius 3 is 2.89 bits per heavy atom. The van der Waals surface area contributed by atoms with Gasteiger partial charge in [-0.3, -0.25) is 0 Å². The van der Waals surface area contributed by atoms with Crippen molar-refractivity contribution < 1.29 is 4.74 Å². The van der Waals surface area contributed by atoms with Gasteiger partial charge in [0.05, 0.1) is 6.61 Å². The number of nitrogens with one attached hydrogen (secondary N) is 1. The van der Waals surface area contributed by atoms with Crippen LogP contribution in [0.25, 0.3) is 0 Å². The molecule has 2 heteroatoms. The fourth-order valence-corrected chi connectivity index (χ4v) is 1.52. The second-order valence-electron chi connectivity index (χ2n) is 3.25. The van der Waals surface area contributed by atoms with Gasteiger partial charge >= 0.3 is 0 Å². The molecule has 9 heavy (non-hydrogen) atoms. The summed E-state index contributed by atoms with van der Waals surface area (Å²) >= 11 is 0. The lowest BCUT2D eigenvalue weighted by Gasteiger charge is -2.13. The van der Waals surface area contributed by atoms with Gasteiger partial charge in [-0.25, -0.2) is 0 Å². The maximum atomic E-state index is 5.32. The van der Waals surface area contributed by atoms with Crippen molar-refractivity contribution in [3.63, 3.8) is 0 Å². The summed E-state index contributed by atoms with van der Waals surface area (Å²) in [4.78, 5) is 0. The highest BCUT2D eigenvalue weighted by Gasteiger charge is 2.47. The topological polar surface area (TPSA) is 24.6 Å². The van der Waals surface area contributed by atoms with Crippen molar-refractivity contribution in [3.8, 4) is 0 Å². The van der Waals surface area contributed by atoms with Crippen LogP contribution in [-0.2, 0) is 4.74 Å². The predicted octanol–water partition coefficient (Wildman–Crippen LogP) is 0.527. The molecule has 0 saturated carbocycles. The summed E-state index contributed by atoms with van der Waals surface area (Å²) in [6.45, 7) is 4.34. The van der Waals surface area contributed by atoms with Crippen LogP contribution in [-0.4, -0.2) is 24.8 Å². The molecule has 0 spiro atoms. The maximum Gasteiger partial charge on any atom is 0.104 e. The summed E-state index contributed by atoms with van der Waals surface area (Å²) in [6, 6.07) is 0.650. The number of epoxide rings is 1. The van der Waals surface area contributed by atoms with Gasteiger partial charge in [0.25, 0.3) is 0 Å². The van der Waals surface area contributed by atoms with Crippen LogP contribution in [0.15, 0.2) is 0 Å². The fourth-order valence-electron chi connectivity index (χ4n) is 1.52. The van der Waals surface area contributed by atoms with E-state index in [4.69, 9.17) is 4.74 Å². The molecule has 2 aliphatic heterocycles. The minimum absolute atomic E-state index is 0.219. The molecule has 2 aliphatic rings. The summed E-state index contributed by atoms with van der Waals surface area (Å²) in [5.74, 6) is 0. The molecule has 52 valence electrons. The minimum atomic E-state index is 0.219. The fraction of sp³-hybridized carbons (Fsp3) is 1.00. The zero-order valence-corrected chi connectivity index (χ0v) is 5.81. The quantitative estimate of drug-likeness (QED) is 0.519. The Bertz CT molecular complexity index is 114. The number of ether oxygens (including phenoxy) is 1. The zero-order valence-electron chi connectivity index (χ0n) is 5.81. The third kappa shape index (κ3) is 0.864. The lowest BCUT2D eigenvalue weighted by Crippen LogP contribution is -2.35. The van der Waals surface area contributed by atoms with Crippen molar-refractivity contribution in [2.75, 3.05) is 13.2 Å². The minimum Gasteiger partial charge on any atom is -0.368 e. The number of rotatable bonds is 1. The Labute approximate surface area is 55.6 Å². The average Bonchev–Trinajstić information content (AvgIpc) is 2.46. The van der Waals surface area contributed by atoms with Gasteiger partial charge in [-0.15, -0.1) is 0 Å². The van der Waals surface area contributed by atoms with Crippen LogP contribution in [0.2, 0.25) is 0 Å². The molecule has 0 aromatic heterocycles. The highest BCUT2D eigenvalue weighted by molar-refractivity contribution is 5.00. The van der Waals surface area contributed by atoms with E-state index in [0.29, 0.717) is 6.04 Å². The molecule has 2 heterocycles. The van der Waals surface area contributed by atoms with Gasteiger partial charge < -0.3 is 10.1 Å². The third-order valence-corrected chi connectivity index (χ3v) is 2.40. The molecule has 0 aromatic carbocycles. The number of hydrogen-bond acceptors (Lipinski definition) is 2. The van der Waals surface area contributed by atoms with E-state index in [0.717, 1.165) is 6.61 Å². The van der Waals surface area contributed by atoms with Gasteiger partial charge in [-0.1, -0.05) is 0 Å². The summed E-state index contributed by atoms with van der Waals surface area (Å²) < 4.78 is 5.32. The van der Waals surface area contributed by atoms with E-state index in [9.17, 15) is 0 Å². The van der Waals surface area contributed by atoms with Gasteiger partial charge in [-0.2, -0.15) is 0 Å². The second kappa shape index (κ2) is 1.70. The molecule has 1 N–H and O–H groups in total. The van der Waals surface area contributed by atoms with E-state index in [2.05, 4.69) is 12.2 Å². The van der Waals surface area contributed by atoms with Crippen LogP contribution < -0.4 is 5.32 Å². The zero-order chi connectivity index (χ0) is 6.32. The third-order valence-electron chi connectivity index (χ3n) is 2.40. The van der Waals surface area contributed by atoms with E-state index in [1.54, 1.807) is 0 Å². The van der Waals surface area contributed by atoms with Crippen LogP contribution in [0, 0.1) is 0 Å². The Hall–Kier alpha value is -0.0800. The lowest BCUT2D eigenvalue weighted by molar-refractivity contribution is 0.268. The Morgan fingerprint density at radius 2 is 2.44 bits per heavy atom. The highest BCUT2D eigenvalue weighted by atomic mass is 16.6. The first-order chi connectivity index (χ1) is 4.31. The Kier molecular flexibility index (Phi) is 1.08. The van der Waals surface area contributed by atoms with Gasteiger partial charge in [0.2, 0.25) is 0 Å². The van der Waals surface area contributed by atoms with E-state index in [1.165, 1.54) is 19.4 Å². The Morgan fingerprint density at radius 1 is 1.67 bits per heavy atom. The van der Waals surface area contributed by atoms with Gasteiger partial charge in [0.15, 0.2) is 0 Å². The van der Waals surface area contributed by atoms with Crippen molar-refractivity contribution in [1.82, 2.24) is 5.32 Å². The van der Waals surface area contributed by atoms with Crippen molar-refractivity contribution >= 4 is 0 Å². The van der Waals surface area contributed by atoms with E-state index in [1.807, 2.05) is 0 Å². The van der Waals surface area contributed by atoms with Gasteiger partial charge in [0, 0.05) is 6.04 Å². The van der Waals surface area contributed by atoms with E-state index < -0.39 is 0 Å². The second-order valence-corrected chi connectivity index (χ2v) is 3.25. The smallest absolute Gasteiger partial charge is 0.104 e. The van der Waals surface area contributed by atoms with Crippen LogP contribution in [0.1, 0.15) is 19.8 Å². The first kappa shape index (κ1) is 5.69. The molecular formula is C7H13NO. The molecule has 0 aliphatic carbocycles. The summed E-state index contributed by atoms with van der Waals surface area (Å²) in [5, 5.41) is 3.43. The molecule has 0 bridgehead atoms. The summed E-state index contributed by atoms with van der Waals surface area (Å²) in [5.41, 5.74) is 0.219. The lowest BCUT2D eigenvalue weighted by atomic mass is 10.0. The summed E-state index contributed by atoms with van der Waals surface area (Å²) in [6.07, 6.45) is 2.63. The Balaban J connectivity index is 1.97. The molecule has 2 rings (SSSR count). The van der Waals surface area contributed by atoms with Gasteiger partial charge in [0.1, 0.15) is 5.60 Å². The molecule has 2 fully saturated rings. The van der Waals surface area contributed by atoms with Crippen molar-refractivity contribution in [2.45, 2.75) is 31.4 Å². The standard InChI is InChI=1S/C7H13NO/c1-7(5-9-7)6-3-2-4-8-6/h6,8H,2-5H2,1H3/t6-,7?/m0/s1. The normalized spacial score (nSPS) is 49.7. The van der Waals surface area contributed by atoms with Crippen LogP contribution in [0.3, 0.4) is 0 Å². The average molecular weight is 127 g/mol. The van der Waals surface area contributed by atoms with Crippen molar-refractivity contribution in [3.05, 3.63) is 0 Å². The molecule has 2 nitrogen and oxygen atoms in total.